The minimum absolute atomic E-state index is 0.0769. The second-order valence-corrected chi connectivity index (χ2v) is 7.82. The van der Waals surface area contributed by atoms with Crippen molar-refractivity contribution in [2.75, 3.05) is 40.0 Å². The van der Waals surface area contributed by atoms with Crippen LogP contribution in [-0.4, -0.2) is 67.6 Å². The Morgan fingerprint density at radius 1 is 1.36 bits per heavy atom. The highest BCUT2D eigenvalue weighted by atomic mass is 16.6. The number of hydrogen-bond acceptors (Lipinski definition) is 8. The molecule has 0 amide bonds. The first kappa shape index (κ1) is 18.1. The van der Waals surface area contributed by atoms with Crippen LogP contribution in [-0.2, 0) is 14.2 Å². The second-order valence-electron chi connectivity index (χ2n) is 7.82. The Labute approximate surface area is 163 Å². The fourth-order valence-electron chi connectivity index (χ4n) is 5.08. The predicted octanol–water partition coefficient (Wildman–Crippen LogP) is 2.11. The Morgan fingerprint density at radius 2 is 2.18 bits per heavy atom. The number of Topliss-reactive ketones (excluding diaryl/α,β-unsaturated/α-hetero) is 1. The summed E-state index contributed by atoms with van der Waals surface area (Å²) in [5, 5.41) is 4.13. The van der Waals surface area contributed by atoms with Gasteiger partial charge in [-0.1, -0.05) is 13.3 Å². The molecule has 1 spiro atoms. The monoisotopic (exact) mass is 390 g/mol. The number of nitrogens with zero attached hydrogens (tertiary/aromatic N) is 2. The minimum atomic E-state index is -1.11. The topological polar surface area (TPSA) is 83.3 Å². The van der Waals surface area contributed by atoms with Gasteiger partial charge in [-0.15, -0.1) is 0 Å². The summed E-state index contributed by atoms with van der Waals surface area (Å²) in [6.07, 6.45) is 4.46. The number of fused-ring (bicyclic) bond motifs is 2. The van der Waals surface area contributed by atoms with Gasteiger partial charge < -0.3 is 23.5 Å². The van der Waals surface area contributed by atoms with Crippen LogP contribution in [0.5, 0.6) is 5.88 Å². The van der Waals surface area contributed by atoms with Gasteiger partial charge in [-0.2, -0.15) is 0 Å². The second kappa shape index (κ2) is 6.86. The van der Waals surface area contributed by atoms with Crippen molar-refractivity contribution in [3.63, 3.8) is 0 Å². The van der Waals surface area contributed by atoms with Gasteiger partial charge in [-0.05, 0) is 24.1 Å². The standard InChI is InChI=1S/C20H26N2O6/c1-3-4-7-26-19-15-17(28-21-19)16(22-5-8-25-9-6-22)13-10-12-11-14(24-2)20(13,27-12)18(15)23/h11-13,16H,3-10H2,1-2H3/t12-,13?,16+,20+/m1/s1. The van der Waals surface area contributed by atoms with Crippen molar-refractivity contribution in [3.05, 3.63) is 23.2 Å². The highest BCUT2D eigenvalue weighted by molar-refractivity contribution is 6.09. The highest BCUT2D eigenvalue weighted by Crippen LogP contribution is 2.59. The van der Waals surface area contributed by atoms with Crippen molar-refractivity contribution in [1.29, 1.82) is 0 Å². The van der Waals surface area contributed by atoms with Crippen molar-refractivity contribution in [2.45, 2.75) is 43.9 Å². The number of unbranched alkanes of at least 4 members (excludes halogenated alkanes) is 1. The van der Waals surface area contributed by atoms with E-state index in [2.05, 4.69) is 17.0 Å². The Bertz CT molecular complexity index is 799. The van der Waals surface area contributed by atoms with Crippen molar-refractivity contribution >= 4 is 5.78 Å². The van der Waals surface area contributed by atoms with Crippen LogP contribution in [0.2, 0.25) is 0 Å². The number of aromatic nitrogens is 1. The Balaban J connectivity index is 1.60. The number of morpholine rings is 1. The van der Waals surface area contributed by atoms with Gasteiger partial charge in [0.1, 0.15) is 11.3 Å². The van der Waals surface area contributed by atoms with Crippen LogP contribution in [0.15, 0.2) is 16.4 Å². The number of rotatable bonds is 6. The molecule has 2 saturated heterocycles. The maximum atomic E-state index is 13.7. The Hall–Kier alpha value is -1.90. The van der Waals surface area contributed by atoms with E-state index in [1.807, 2.05) is 6.08 Å². The van der Waals surface area contributed by atoms with E-state index >= 15 is 0 Å². The van der Waals surface area contributed by atoms with Gasteiger partial charge in [0, 0.05) is 19.0 Å². The van der Waals surface area contributed by atoms with Crippen LogP contribution in [0.4, 0.5) is 0 Å². The molecule has 4 heterocycles. The van der Waals surface area contributed by atoms with Crippen LogP contribution in [0, 0.1) is 5.92 Å². The molecule has 0 N–H and O–H groups in total. The average molecular weight is 390 g/mol. The molecular formula is C20H26N2O6. The Kier molecular flexibility index (Phi) is 4.45. The van der Waals surface area contributed by atoms with Gasteiger partial charge >= 0.3 is 0 Å². The van der Waals surface area contributed by atoms with Crippen LogP contribution < -0.4 is 4.74 Å². The zero-order chi connectivity index (χ0) is 19.3. The lowest BCUT2D eigenvalue weighted by Gasteiger charge is -2.45. The van der Waals surface area contributed by atoms with Gasteiger partial charge in [-0.3, -0.25) is 9.69 Å². The number of carbonyl (C=O) groups is 1. The van der Waals surface area contributed by atoms with E-state index < -0.39 is 5.60 Å². The van der Waals surface area contributed by atoms with E-state index in [1.54, 1.807) is 7.11 Å². The summed E-state index contributed by atoms with van der Waals surface area (Å²) in [5.41, 5.74) is -0.696. The van der Waals surface area contributed by atoms with E-state index in [9.17, 15) is 4.79 Å². The molecule has 0 saturated carbocycles. The van der Waals surface area contributed by atoms with Gasteiger partial charge in [0.15, 0.2) is 11.4 Å². The zero-order valence-corrected chi connectivity index (χ0v) is 16.3. The molecule has 1 unspecified atom stereocenters. The normalized spacial score (nSPS) is 34.1. The molecular weight excluding hydrogens is 364 g/mol. The van der Waals surface area contributed by atoms with Crippen LogP contribution in [0.25, 0.3) is 0 Å². The summed E-state index contributed by atoms with van der Waals surface area (Å²) < 4.78 is 29.0. The van der Waals surface area contributed by atoms with Gasteiger partial charge in [0.2, 0.25) is 5.78 Å². The van der Waals surface area contributed by atoms with Gasteiger partial charge in [-0.25, -0.2) is 0 Å². The molecule has 28 heavy (non-hydrogen) atoms. The SMILES string of the molecule is CCCCOc1noc2c1C(=O)[C@@]13O[C@@H](C=C1OC)CC3[C@@H]2N1CCOCC1. The third kappa shape index (κ3) is 2.41. The summed E-state index contributed by atoms with van der Waals surface area (Å²) in [6.45, 7) is 5.45. The van der Waals surface area contributed by atoms with Gasteiger partial charge in [0.05, 0.1) is 39.1 Å². The fraction of sp³-hybridized carbons (Fsp3) is 0.700. The lowest BCUT2D eigenvalue weighted by Crippen LogP contribution is -2.55. The van der Waals surface area contributed by atoms with E-state index in [1.165, 1.54) is 0 Å². The molecule has 1 aromatic heterocycles. The van der Waals surface area contributed by atoms with Crippen LogP contribution >= 0.6 is 0 Å². The predicted molar refractivity (Wildman–Crippen MR) is 97.2 cm³/mol. The first-order valence-corrected chi connectivity index (χ1v) is 10.1. The number of hydrogen-bond donors (Lipinski definition) is 0. The van der Waals surface area contributed by atoms with Crippen molar-refractivity contribution in [3.8, 4) is 5.88 Å². The largest absolute Gasteiger partial charge is 0.498 e. The molecule has 8 nitrogen and oxygen atoms in total. The number of ether oxygens (including phenoxy) is 4. The molecule has 8 heteroatoms. The minimum Gasteiger partial charge on any atom is -0.498 e. The number of carbonyl (C=O) groups excluding carboxylic acids is 1. The zero-order valence-electron chi connectivity index (χ0n) is 16.3. The molecule has 3 aliphatic heterocycles. The van der Waals surface area contributed by atoms with E-state index in [0.29, 0.717) is 36.9 Å². The maximum Gasteiger partial charge on any atom is 0.265 e. The lowest BCUT2D eigenvalue weighted by atomic mass is 9.67. The molecule has 0 radical (unpaired) electrons. The van der Waals surface area contributed by atoms with Crippen molar-refractivity contribution in [1.82, 2.24) is 10.1 Å². The lowest BCUT2D eigenvalue weighted by molar-refractivity contribution is -0.0551. The number of ketones is 1. The molecule has 1 aliphatic carbocycles. The Morgan fingerprint density at radius 3 is 2.93 bits per heavy atom. The number of methoxy groups -OCH3 is 1. The smallest absolute Gasteiger partial charge is 0.265 e. The van der Waals surface area contributed by atoms with E-state index in [-0.39, 0.29) is 29.7 Å². The summed E-state index contributed by atoms with van der Waals surface area (Å²) >= 11 is 0. The quantitative estimate of drug-likeness (QED) is 0.683. The summed E-state index contributed by atoms with van der Waals surface area (Å²) in [4.78, 5) is 16.0. The van der Waals surface area contributed by atoms with Crippen molar-refractivity contribution < 1.29 is 28.3 Å². The summed E-state index contributed by atoms with van der Waals surface area (Å²) in [6, 6.07) is -0.114. The highest BCUT2D eigenvalue weighted by Gasteiger charge is 2.68. The molecule has 4 aliphatic rings. The summed E-state index contributed by atoms with van der Waals surface area (Å²) in [7, 11) is 1.60. The molecule has 152 valence electrons. The first-order chi connectivity index (χ1) is 13.7. The summed E-state index contributed by atoms with van der Waals surface area (Å²) in [5.74, 6) is 1.24. The fourth-order valence-corrected chi connectivity index (χ4v) is 5.08. The third-order valence-electron chi connectivity index (χ3n) is 6.35. The molecule has 2 fully saturated rings. The molecule has 5 rings (SSSR count). The molecule has 0 aromatic carbocycles. The maximum absolute atomic E-state index is 13.7. The van der Waals surface area contributed by atoms with Crippen LogP contribution in [0.3, 0.4) is 0 Å². The third-order valence-corrected chi connectivity index (χ3v) is 6.35. The van der Waals surface area contributed by atoms with E-state index in [4.69, 9.17) is 23.5 Å². The molecule has 4 atom stereocenters. The van der Waals surface area contributed by atoms with Gasteiger partial charge in [0.25, 0.3) is 5.88 Å². The molecule has 1 aromatic rings. The van der Waals surface area contributed by atoms with E-state index in [0.717, 1.165) is 32.4 Å². The average Bonchev–Trinajstić information content (AvgIpc) is 3.41. The van der Waals surface area contributed by atoms with Crippen molar-refractivity contribution in [2.24, 2.45) is 5.92 Å². The molecule has 2 bridgehead atoms. The van der Waals surface area contributed by atoms with Crippen LogP contribution in [0.1, 0.15) is 48.3 Å². The first-order valence-electron chi connectivity index (χ1n) is 10.1.